The van der Waals surface area contributed by atoms with Crippen molar-refractivity contribution < 1.29 is 18.7 Å². The standard InChI is InChI=1S/C22H18FN5O3S/c23-14-7-9-15(10-8-14)25-19(29)13-28-18-6-2-1-5-17(18)20(21(28)30)26-27-22(32)24-12-16-4-3-11-31-16/h1-11,30H,12-13H2,(H,24,32)(H,25,29). The lowest BCUT2D eigenvalue weighted by molar-refractivity contribution is -0.116. The Hall–Kier alpha value is -4.05. The molecular weight excluding hydrogens is 433 g/mol. The molecule has 0 spiro atoms. The van der Waals surface area contributed by atoms with E-state index in [0.717, 1.165) is 0 Å². The number of anilines is 1. The Labute approximate surface area is 187 Å². The Bertz CT molecular complexity index is 1280. The van der Waals surface area contributed by atoms with Crippen molar-refractivity contribution in [2.75, 3.05) is 5.32 Å². The van der Waals surface area contributed by atoms with E-state index in [1.807, 2.05) is 0 Å². The van der Waals surface area contributed by atoms with Crippen LogP contribution in [0, 0.1) is 5.82 Å². The molecule has 0 fully saturated rings. The largest absolute Gasteiger partial charge is 0.493 e. The molecule has 3 N–H and O–H groups in total. The molecule has 2 heterocycles. The zero-order valence-corrected chi connectivity index (χ0v) is 17.5. The van der Waals surface area contributed by atoms with Crippen LogP contribution in [0.1, 0.15) is 5.76 Å². The summed E-state index contributed by atoms with van der Waals surface area (Å²) in [5.41, 5.74) is 1.24. The number of aromatic hydroxyl groups is 1. The van der Waals surface area contributed by atoms with Gasteiger partial charge in [-0.25, -0.2) is 4.39 Å². The first-order valence-corrected chi connectivity index (χ1v) is 9.99. The van der Waals surface area contributed by atoms with Crippen LogP contribution in [-0.2, 0) is 17.9 Å². The molecule has 2 aromatic heterocycles. The maximum Gasteiger partial charge on any atom is 0.244 e. The minimum atomic E-state index is -0.399. The molecule has 0 aliphatic rings. The van der Waals surface area contributed by atoms with Gasteiger partial charge in [0, 0.05) is 11.1 Å². The van der Waals surface area contributed by atoms with Gasteiger partial charge in [0.05, 0.1) is 18.3 Å². The Morgan fingerprint density at radius 2 is 1.91 bits per heavy atom. The number of hydrogen-bond donors (Lipinski definition) is 3. The summed E-state index contributed by atoms with van der Waals surface area (Å²) in [5, 5.41) is 25.1. The SMILES string of the molecule is O=C(Cn1c(O)c(N=NC(=S)NCc2ccco2)c2ccccc21)Nc1ccc(F)cc1. The summed E-state index contributed by atoms with van der Waals surface area (Å²) in [5.74, 6) is -0.331. The van der Waals surface area contributed by atoms with Crippen molar-refractivity contribution in [3.63, 3.8) is 0 Å². The third-order valence-corrected chi connectivity index (χ3v) is 4.81. The summed E-state index contributed by atoms with van der Waals surface area (Å²) >= 11 is 5.16. The number of benzene rings is 2. The van der Waals surface area contributed by atoms with Crippen LogP contribution in [0.3, 0.4) is 0 Å². The molecule has 0 aliphatic carbocycles. The number of thiocarbonyl (C=S) groups is 1. The molecule has 0 atom stereocenters. The van der Waals surface area contributed by atoms with Crippen molar-refractivity contribution >= 4 is 45.5 Å². The number of para-hydroxylation sites is 1. The summed E-state index contributed by atoms with van der Waals surface area (Å²) in [4.78, 5) is 12.5. The maximum atomic E-state index is 13.1. The Balaban J connectivity index is 1.52. The molecule has 162 valence electrons. The van der Waals surface area contributed by atoms with Gasteiger partial charge >= 0.3 is 0 Å². The number of furan rings is 1. The van der Waals surface area contributed by atoms with Crippen molar-refractivity contribution in [2.45, 2.75) is 13.1 Å². The van der Waals surface area contributed by atoms with Crippen LogP contribution in [0.2, 0.25) is 0 Å². The van der Waals surface area contributed by atoms with Crippen molar-refractivity contribution in [1.82, 2.24) is 9.88 Å². The number of amides is 1. The first-order chi connectivity index (χ1) is 15.5. The van der Waals surface area contributed by atoms with Crippen molar-refractivity contribution in [3.05, 3.63) is 78.5 Å². The molecule has 0 radical (unpaired) electrons. The molecule has 10 heteroatoms. The van der Waals surface area contributed by atoms with Gasteiger partial charge < -0.3 is 24.7 Å². The lowest BCUT2D eigenvalue weighted by Crippen LogP contribution is -2.18. The summed E-state index contributed by atoms with van der Waals surface area (Å²) < 4.78 is 19.7. The molecule has 0 bridgehead atoms. The van der Waals surface area contributed by atoms with Gasteiger partial charge in [0.15, 0.2) is 5.69 Å². The van der Waals surface area contributed by atoms with E-state index in [-0.39, 0.29) is 23.2 Å². The molecule has 4 rings (SSSR count). The molecule has 0 aliphatic heterocycles. The van der Waals surface area contributed by atoms with E-state index in [1.165, 1.54) is 28.8 Å². The highest BCUT2D eigenvalue weighted by atomic mass is 32.1. The third kappa shape index (κ3) is 4.81. The van der Waals surface area contributed by atoms with Crippen LogP contribution >= 0.6 is 12.2 Å². The molecule has 32 heavy (non-hydrogen) atoms. The number of azo groups is 1. The third-order valence-electron chi connectivity index (χ3n) is 4.58. The fourth-order valence-electron chi connectivity index (χ4n) is 3.11. The highest BCUT2D eigenvalue weighted by molar-refractivity contribution is 7.80. The zero-order valence-electron chi connectivity index (χ0n) is 16.7. The molecule has 1 amide bonds. The Morgan fingerprint density at radius 3 is 2.66 bits per heavy atom. The lowest BCUT2D eigenvalue weighted by Gasteiger charge is -2.08. The van der Waals surface area contributed by atoms with Crippen molar-refractivity contribution in [2.24, 2.45) is 10.2 Å². The summed E-state index contributed by atoms with van der Waals surface area (Å²) in [6.45, 7) is 0.169. The topological polar surface area (TPSA) is 104 Å². The minimum absolute atomic E-state index is 0.117. The predicted molar refractivity (Wildman–Crippen MR) is 121 cm³/mol. The molecule has 8 nitrogen and oxygen atoms in total. The predicted octanol–water partition coefficient (Wildman–Crippen LogP) is 4.88. The van der Waals surface area contributed by atoms with Gasteiger partial charge in [-0.15, -0.1) is 10.2 Å². The van der Waals surface area contributed by atoms with Crippen LogP contribution in [0.15, 0.2) is 81.6 Å². The highest BCUT2D eigenvalue weighted by Gasteiger charge is 2.18. The van der Waals surface area contributed by atoms with Gasteiger partial charge in [0.1, 0.15) is 18.1 Å². The van der Waals surface area contributed by atoms with Gasteiger partial charge in [0.25, 0.3) is 0 Å². The van der Waals surface area contributed by atoms with E-state index in [4.69, 9.17) is 16.6 Å². The number of fused-ring (bicyclic) bond motifs is 1. The van der Waals surface area contributed by atoms with Crippen molar-refractivity contribution in [3.8, 4) is 5.88 Å². The van der Waals surface area contributed by atoms with Gasteiger partial charge in [-0.2, -0.15) is 0 Å². The average molecular weight is 451 g/mol. The minimum Gasteiger partial charge on any atom is -0.493 e. The van der Waals surface area contributed by atoms with Gasteiger partial charge in [-0.3, -0.25) is 4.79 Å². The first kappa shape index (κ1) is 21.2. The van der Waals surface area contributed by atoms with Gasteiger partial charge in [-0.05, 0) is 54.7 Å². The van der Waals surface area contributed by atoms with Crippen LogP contribution in [0.4, 0.5) is 15.8 Å². The molecule has 2 aromatic carbocycles. The second-order valence-corrected chi connectivity index (χ2v) is 7.16. The second-order valence-electron chi connectivity index (χ2n) is 6.77. The second kappa shape index (κ2) is 9.40. The summed E-state index contributed by atoms with van der Waals surface area (Å²) in [7, 11) is 0. The van der Waals surface area contributed by atoms with E-state index in [9.17, 15) is 14.3 Å². The molecule has 0 saturated heterocycles. The number of nitrogens with one attached hydrogen (secondary N) is 2. The normalized spacial score (nSPS) is 11.2. The molecular formula is C22H18FN5O3S. The number of carbonyl (C=O) groups excluding carboxylic acids is 1. The number of rotatable bonds is 6. The molecule has 4 aromatic rings. The van der Waals surface area contributed by atoms with Crippen LogP contribution < -0.4 is 10.6 Å². The van der Waals surface area contributed by atoms with Crippen molar-refractivity contribution in [1.29, 1.82) is 0 Å². The van der Waals surface area contributed by atoms with E-state index in [1.54, 1.807) is 42.7 Å². The van der Waals surface area contributed by atoms with Gasteiger partial charge in [-0.1, -0.05) is 18.2 Å². The maximum absolute atomic E-state index is 13.1. The fraction of sp³-hybridized carbons (Fsp3) is 0.0909. The number of nitrogens with zero attached hydrogens (tertiary/aromatic N) is 3. The molecule has 0 unspecified atom stereocenters. The Morgan fingerprint density at radius 1 is 1.12 bits per heavy atom. The van der Waals surface area contributed by atoms with E-state index >= 15 is 0 Å². The zero-order chi connectivity index (χ0) is 22.5. The lowest BCUT2D eigenvalue weighted by atomic mass is 10.2. The monoisotopic (exact) mass is 451 g/mol. The van der Waals surface area contributed by atoms with E-state index in [0.29, 0.717) is 28.9 Å². The Kier molecular flexibility index (Phi) is 6.22. The number of aromatic nitrogens is 1. The molecule has 0 saturated carbocycles. The van der Waals surface area contributed by atoms with Crippen LogP contribution in [0.25, 0.3) is 10.9 Å². The van der Waals surface area contributed by atoms with Crippen LogP contribution in [0.5, 0.6) is 5.88 Å². The quantitative estimate of drug-likeness (QED) is 0.286. The van der Waals surface area contributed by atoms with E-state index < -0.39 is 11.7 Å². The number of halogens is 1. The highest BCUT2D eigenvalue weighted by Crippen LogP contribution is 2.38. The average Bonchev–Trinajstić information content (AvgIpc) is 3.40. The number of hydrogen-bond acceptors (Lipinski definition) is 5. The fourth-order valence-corrected chi connectivity index (χ4v) is 3.23. The number of carbonyl (C=O) groups is 1. The first-order valence-electron chi connectivity index (χ1n) is 9.59. The smallest absolute Gasteiger partial charge is 0.244 e. The summed E-state index contributed by atoms with van der Waals surface area (Å²) in [6, 6.07) is 16.1. The van der Waals surface area contributed by atoms with Gasteiger partial charge in [0.2, 0.25) is 16.9 Å². The van der Waals surface area contributed by atoms with Crippen LogP contribution in [-0.4, -0.2) is 20.7 Å². The summed E-state index contributed by atoms with van der Waals surface area (Å²) in [6.07, 6.45) is 1.56. The van der Waals surface area contributed by atoms with E-state index in [2.05, 4.69) is 20.9 Å².